The van der Waals surface area contributed by atoms with Crippen LogP contribution in [-0.2, 0) is 19.0 Å². The second-order valence-corrected chi connectivity index (χ2v) is 4.62. The van der Waals surface area contributed by atoms with Crippen molar-refractivity contribution in [2.45, 2.75) is 45.2 Å². The van der Waals surface area contributed by atoms with E-state index in [1.165, 1.54) is 0 Å². The maximum absolute atomic E-state index is 11.4. The van der Waals surface area contributed by atoms with Crippen molar-refractivity contribution in [1.29, 1.82) is 0 Å². The van der Waals surface area contributed by atoms with E-state index in [1.54, 1.807) is 0 Å². The monoisotopic (exact) mass is 226 g/mol. The van der Waals surface area contributed by atoms with Crippen molar-refractivity contribution in [1.82, 2.24) is 0 Å². The van der Waals surface area contributed by atoms with Gasteiger partial charge in [-0.1, -0.05) is 12.2 Å². The molecule has 0 bridgehead atoms. The highest BCUT2D eigenvalue weighted by Gasteiger charge is 2.46. The smallest absolute Gasteiger partial charge is 0.306 e. The first kappa shape index (κ1) is 11.6. The molecule has 0 N–H and O–H groups in total. The lowest BCUT2D eigenvalue weighted by molar-refractivity contribution is -0.153. The molecule has 1 saturated heterocycles. The average Bonchev–Trinajstić information content (AvgIpc) is 2.64. The van der Waals surface area contributed by atoms with E-state index in [0.717, 1.165) is 0 Å². The van der Waals surface area contributed by atoms with Crippen molar-refractivity contribution >= 4 is 5.97 Å². The van der Waals surface area contributed by atoms with Crippen molar-refractivity contribution in [3.05, 3.63) is 12.2 Å². The lowest BCUT2D eigenvalue weighted by Gasteiger charge is -2.20. The molecule has 1 heterocycles. The summed E-state index contributed by atoms with van der Waals surface area (Å²) >= 11 is 0. The van der Waals surface area contributed by atoms with Crippen molar-refractivity contribution < 1.29 is 19.0 Å². The summed E-state index contributed by atoms with van der Waals surface area (Å²) in [6.45, 7) is 6.01. The Bertz CT molecular complexity index is 308. The molecule has 4 heteroatoms. The summed E-state index contributed by atoms with van der Waals surface area (Å²) in [6.07, 6.45) is 4.27. The predicted octanol–water partition coefficient (Wildman–Crippen LogP) is 1.65. The van der Waals surface area contributed by atoms with Crippen LogP contribution in [0.3, 0.4) is 0 Å². The number of hydrogen-bond donors (Lipinski definition) is 0. The highest BCUT2D eigenvalue weighted by molar-refractivity contribution is 5.70. The second-order valence-electron chi connectivity index (χ2n) is 4.62. The lowest BCUT2D eigenvalue weighted by atomic mass is 10.0. The number of carbonyl (C=O) groups excluding carboxylic acids is 1. The van der Waals surface area contributed by atoms with Gasteiger partial charge >= 0.3 is 5.97 Å². The molecule has 1 aliphatic heterocycles. The minimum atomic E-state index is -0.549. The van der Waals surface area contributed by atoms with Gasteiger partial charge in [0.1, 0.15) is 6.10 Å². The van der Waals surface area contributed by atoms with Crippen LogP contribution in [-0.4, -0.2) is 30.6 Å². The van der Waals surface area contributed by atoms with Crippen LogP contribution in [0.5, 0.6) is 0 Å². The van der Waals surface area contributed by atoms with Crippen molar-refractivity contribution in [2.24, 2.45) is 5.92 Å². The van der Waals surface area contributed by atoms with Gasteiger partial charge in [-0.15, -0.1) is 0 Å². The highest BCUT2D eigenvalue weighted by atomic mass is 16.8. The van der Waals surface area contributed by atoms with Gasteiger partial charge in [-0.2, -0.15) is 0 Å². The molecular weight excluding hydrogens is 208 g/mol. The Kier molecular flexibility index (Phi) is 3.04. The Morgan fingerprint density at radius 3 is 2.81 bits per heavy atom. The summed E-state index contributed by atoms with van der Waals surface area (Å²) in [6, 6.07) is 0. The quantitative estimate of drug-likeness (QED) is 0.542. The van der Waals surface area contributed by atoms with Crippen molar-refractivity contribution in [2.75, 3.05) is 6.61 Å². The standard InChI is InChI=1S/C12H18O4/c1-4-14-10(13)7-8-5-6-9-11(8)16-12(2,3)15-9/h5-6,8-9,11H,4,7H2,1-3H3. The summed E-state index contributed by atoms with van der Waals surface area (Å²) in [7, 11) is 0. The van der Waals surface area contributed by atoms with Crippen LogP contribution in [0.25, 0.3) is 0 Å². The van der Waals surface area contributed by atoms with Gasteiger partial charge in [0.2, 0.25) is 0 Å². The molecule has 3 atom stereocenters. The number of ether oxygens (including phenoxy) is 3. The first-order valence-corrected chi connectivity index (χ1v) is 5.71. The number of fused-ring (bicyclic) bond motifs is 1. The lowest BCUT2D eigenvalue weighted by Crippen LogP contribution is -2.27. The Morgan fingerprint density at radius 2 is 2.12 bits per heavy atom. The Labute approximate surface area is 95.6 Å². The van der Waals surface area contributed by atoms with Crippen LogP contribution in [0.4, 0.5) is 0 Å². The average molecular weight is 226 g/mol. The van der Waals surface area contributed by atoms with E-state index in [0.29, 0.717) is 13.0 Å². The molecule has 0 aromatic heterocycles. The van der Waals surface area contributed by atoms with E-state index >= 15 is 0 Å². The maximum atomic E-state index is 11.4. The topological polar surface area (TPSA) is 44.8 Å². The minimum absolute atomic E-state index is 0.0190. The van der Waals surface area contributed by atoms with Crippen molar-refractivity contribution in [3.63, 3.8) is 0 Å². The molecule has 1 fully saturated rings. The third kappa shape index (κ3) is 2.28. The molecule has 2 rings (SSSR count). The Hall–Kier alpha value is -0.870. The van der Waals surface area contributed by atoms with Crippen LogP contribution in [0, 0.1) is 5.92 Å². The van der Waals surface area contributed by atoms with Gasteiger partial charge in [0.15, 0.2) is 5.79 Å². The molecule has 90 valence electrons. The molecule has 0 aromatic carbocycles. The van der Waals surface area contributed by atoms with Gasteiger partial charge in [-0.3, -0.25) is 4.79 Å². The minimum Gasteiger partial charge on any atom is -0.466 e. The van der Waals surface area contributed by atoms with Crippen LogP contribution >= 0.6 is 0 Å². The van der Waals surface area contributed by atoms with Gasteiger partial charge in [-0.05, 0) is 20.8 Å². The maximum Gasteiger partial charge on any atom is 0.306 e. The van der Waals surface area contributed by atoms with Gasteiger partial charge in [0, 0.05) is 5.92 Å². The SMILES string of the molecule is CCOC(=O)CC1C=CC2OC(C)(C)OC12. The zero-order chi connectivity index (χ0) is 11.8. The van der Waals surface area contributed by atoms with E-state index in [1.807, 2.05) is 32.9 Å². The summed E-state index contributed by atoms with van der Waals surface area (Å²) in [5, 5.41) is 0. The molecule has 4 nitrogen and oxygen atoms in total. The first-order valence-electron chi connectivity index (χ1n) is 5.71. The summed E-state index contributed by atoms with van der Waals surface area (Å²) < 4.78 is 16.4. The van der Waals surface area contributed by atoms with Gasteiger partial charge < -0.3 is 14.2 Å². The number of rotatable bonds is 3. The summed E-state index contributed by atoms with van der Waals surface area (Å²) in [4.78, 5) is 11.4. The fourth-order valence-corrected chi connectivity index (χ4v) is 2.26. The zero-order valence-electron chi connectivity index (χ0n) is 9.93. The third-order valence-corrected chi connectivity index (χ3v) is 2.84. The largest absolute Gasteiger partial charge is 0.466 e. The molecule has 0 radical (unpaired) electrons. The van der Waals surface area contributed by atoms with E-state index in [4.69, 9.17) is 14.2 Å². The first-order chi connectivity index (χ1) is 7.52. The zero-order valence-corrected chi connectivity index (χ0v) is 9.93. The Balaban J connectivity index is 1.94. The summed E-state index contributed by atoms with van der Waals surface area (Å²) in [5.41, 5.74) is 0. The molecule has 0 spiro atoms. The van der Waals surface area contributed by atoms with Crippen LogP contribution in [0.2, 0.25) is 0 Å². The molecule has 0 saturated carbocycles. The highest BCUT2D eigenvalue weighted by Crippen LogP contribution is 2.38. The van der Waals surface area contributed by atoms with Gasteiger partial charge in [-0.25, -0.2) is 0 Å². The van der Waals surface area contributed by atoms with E-state index < -0.39 is 5.79 Å². The van der Waals surface area contributed by atoms with Gasteiger partial charge in [0.05, 0.1) is 19.1 Å². The molecule has 1 aliphatic carbocycles. The number of hydrogen-bond acceptors (Lipinski definition) is 4. The fraction of sp³-hybridized carbons (Fsp3) is 0.750. The van der Waals surface area contributed by atoms with Crippen LogP contribution in [0.1, 0.15) is 27.2 Å². The number of esters is 1. The second kappa shape index (κ2) is 4.18. The van der Waals surface area contributed by atoms with E-state index in [-0.39, 0.29) is 24.1 Å². The number of carbonyl (C=O) groups is 1. The molecule has 0 aromatic rings. The van der Waals surface area contributed by atoms with Crippen molar-refractivity contribution in [3.8, 4) is 0 Å². The van der Waals surface area contributed by atoms with E-state index in [9.17, 15) is 4.79 Å². The molecular formula is C12H18O4. The molecule has 16 heavy (non-hydrogen) atoms. The summed E-state index contributed by atoms with van der Waals surface area (Å²) in [5.74, 6) is -0.649. The Morgan fingerprint density at radius 1 is 1.38 bits per heavy atom. The molecule has 2 aliphatic rings. The normalized spacial score (nSPS) is 35.1. The predicted molar refractivity (Wildman–Crippen MR) is 57.7 cm³/mol. The van der Waals surface area contributed by atoms with Crippen LogP contribution < -0.4 is 0 Å². The molecule has 3 unspecified atom stereocenters. The van der Waals surface area contributed by atoms with E-state index in [2.05, 4.69) is 0 Å². The fourth-order valence-electron chi connectivity index (χ4n) is 2.26. The molecule has 0 amide bonds. The van der Waals surface area contributed by atoms with Crippen LogP contribution in [0.15, 0.2) is 12.2 Å². The van der Waals surface area contributed by atoms with Gasteiger partial charge in [0.25, 0.3) is 0 Å². The third-order valence-electron chi connectivity index (χ3n) is 2.84.